The Morgan fingerprint density at radius 1 is 1.12 bits per heavy atom. The Labute approximate surface area is 150 Å². The van der Waals surface area contributed by atoms with Gasteiger partial charge in [0.25, 0.3) is 0 Å². The first-order valence-corrected chi connectivity index (χ1v) is 9.07. The Bertz CT molecular complexity index is 869. The van der Waals surface area contributed by atoms with E-state index in [9.17, 15) is 0 Å². The van der Waals surface area contributed by atoms with E-state index in [0.717, 1.165) is 22.6 Å². The van der Waals surface area contributed by atoms with E-state index in [-0.39, 0.29) is 0 Å². The minimum Gasteiger partial charge on any atom is -0.493 e. The molecule has 2 aromatic carbocycles. The summed E-state index contributed by atoms with van der Waals surface area (Å²) in [6.45, 7) is 2.53. The van der Waals surface area contributed by atoms with Crippen LogP contribution in [0, 0.1) is 11.3 Å². The SMILES string of the molecule is CCOc1ccccc1-c1noc(CSCc2ccc(C#N)cc2)n1. The molecule has 6 heteroatoms. The highest BCUT2D eigenvalue weighted by molar-refractivity contribution is 7.97. The lowest BCUT2D eigenvalue weighted by Gasteiger charge is -2.05. The van der Waals surface area contributed by atoms with Crippen molar-refractivity contribution in [2.75, 3.05) is 6.61 Å². The summed E-state index contributed by atoms with van der Waals surface area (Å²) in [5.74, 6) is 3.32. The van der Waals surface area contributed by atoms with Gasteiger partial charge in [-0.15, -0.1) is 11.8 Å². The summed E-state index contributed by atoms with van der Waals surface area (Å²) in [4.78, 5) is 4.46. The number of ether oxygens (including phenoxy) is 1. The van der Waals surface area contributed by atoms with Crippen LogP contribution in [0.3, 0.4) is 0 Å². The van der Waals surface area contributed by atoms with Gasteiger partial charge in [-0.1, -0.05) is 29.4 Å². The molecule has 0 saturated carbocycles. The maximum Gasteiger partial charge on any atom is 0.236 e. The molecule has 0 aliphatic rings. The molecule has 0 bridgehead atoms. The van der Waals surface area contributed by atoms with E-state index >= 15 is 0 Å². The van der Waals surface area contributed by atoms with Gasteiger partial charge in [0.05, 0.1) is 29.6 Å². The number of benzene rings is 2. The number of nitrogens with zero attached hydrogens (tertiary/aromatic N) is 3. The van der Waals surface area contributed by atoms with Gasteiger partial charge < -0.3 is 9.26 Å². The molecule has 0 atom stereocenters. The highest BCUT2D eigenvalue weighted by atomic mass is 32.2. The lowest BCUT2D eigenvalue weighted by Crippen LogP contribution is -1.94. The van der Waals surface area contributed by atoms with Crippen molar-refractivity contribution >= 4 is 11.8 Å². The molecule has 0 N–H and O–H groups in total. The van der Waals surface area contributed by atoms with E-state index in [0.29, 0.717) is 29.6 Å². The summed E-state index contributed by atoms with van der Waals surface area (Å²) in [7, 11) is 0. The second-order valence-corrected chi connectivity index (χ2v) is 6.23. The maximum atomic E-state index is 8.81. The Balaban J connectivity index is 1.61. The van der Waals surface area contributed by atoms with E-state index in [2.05, 4.69) is 16.2 Å². The van der Waals surface area contributed by atoms with Crippen LogP contribution in [0.5, 0.6) is 5.75 Å². The van der Waals surface area contributed by atoms with Crippen LogP contribution in [0.4, 0.5) is 0 Å². The molecule has 1 aromatic heterocycles. The number of aromatic nitrogens is 2. The van der Waals surface area contributed by atoms with E-state index in [4.69, 9.17) is 14.5 Å². The number of para-hydroxylation sites is 1. The van der Waals surface area contributed by atoms with Crippen LogP contribution in [-0.4, -0.2) is 16.7 Å². The van der Waals surface area contributed by atoms with Gasteiger partial charge in [0.15, 0.2) is 0 Å². The fourth-order valence-electron chi connectivity index (χ4n) is 2.29. The molecule has 25 heavy (non-hydrogen) atoms. The van der Waals surface area contributed by atoms with Crippen molar-refractivity contribution < 1.29 is 9.26 Å². The number of hydrogen-bond acceptors (Lipinski definition) is 6. The van der Waals surface area contributed by atoms with Crippen molar-refractivity contribution in [3.05, 3.63) is 65.5 Å². The summed E-state index contributed by atoms with van der Waals surface area (Å²) in [5, 5.41) is 12.9. The van der Waals surface area contributed by atoms with Gasteiger partial charge in [0.1, 0.15) is 5.75 Å². The average Bonchev–Trinajstić information content (AvgIpc) is 3.12. The van der Waals surface area contributed by atoms with E-state index in [1.165, 1.54) is 0 Å². The normalized spacial score (nSPS) is 10.4. The third kappa shape index (κ3) is 4.40. The van der Waals surface area contributed by atoms with Crippen LogP contribution in [0.2, 0.25) is 0 Å². The lowest BCUT2D eigenvalue weighted by atomic mass is 10.2. The summed E-state index contributed by atoms with van der Waals surface area (Å²) < 4.78 is 11.0. The van der Waals surface area contributed by atoms with Crippen molar-refractivity contribution in [3.8, 4) is 23.2 Å². The molecular formula is C19H17N3O2S. The maximum absolute atomic E-state index is 8.81. The van der Waals surface area contributed by atoms with Gasteiger partial charge in [-0.05, 0) is 36.8 Å². The molecule has 1 heterocycles. The van der Waals surface area contributed by atoms with Crippen LogP contribution in [0.15, 0.2) is 53.1 Å². The standard InChI is InChI=1S/C19H17N3O2S/c1-2-23-17-6-4-3-5-16(17)19-21-18(24-22-19)13-25-12-15-9-7-14(11-20)8-10-15/h3-10H,2,12-13H2,1H3. The zero-order valence-corrected chi connectivity index (χ0v) is 14.6. The van der Waals surface area contributed by atoms with E-state index in [1.807, 2.05) is 55.5 Å². The Morgan fingerprint density at radius 3 is 2.68 bits per heavy atom. The van der Waals surface area contributed by atoms with Gasteiger partial charge >= 0.3 is 0 Å². The Hall–Kier alpha value is -2.78. The zero-order chi connectivity index (χ0) is 17.5. The van der Waals surface area contributed by atoms with Gasteiger partial charge in [0.2, 0.25) is 11.7 Å². The van der Waals surface area contributed by atoms with Gasteiger partial charge in [-0.3, -0.25) is 0 Å². The molecule has 0 fully saturated rings. The fourth-order valence-corrected chi connectivity index (χ4v) is 3.11. The minimum atomic E-state index is 0.540. The van der Waals surface area contributed by atoms with E-state index in [1.54, 1.807) is 11.8 Å². The monoisotopic (exact) mass is 351 g/mol. The van der Waals surface area contributed by atoms with Crippen LogP contribution in [-0.2, 0) is 11.5 Å². The largest absolute Gasteiger partial charge is 0.493 e. The lowest BCUT2D eigenvalue weighted by molar-refractivity contribution is 0.341. The minimum absolute atomic E-state index is 0.540. The second-order valence-electron chi connectivity index (χ2n) is 5.24. The molecule has 0 unspecified atom stereocenters. The molecule has 3 rings (SSSR count). The van der Waals surface area contributed by atoms with Crippen LogP contribution in [0.1, 0.15) is 23.9 Å². The first kappa shape index (κ1) is 17.1. The topological polar surface area (TPSA) is 71.9 Å². The van der Waals surface area contributed by atoms with Gasteiger partial charge in [0, 0.05) is 5.75 Å². The van der Waals surface area contributed by atoms with Crippen LogP contribution < -0.4 is 4.74 Å². The first-order valence-electron chi connectivity index (χ1n) is 7.91. The quantitative estimate of drug-likeness (QED) is 0.626. The highest BCUT2D eigenvalue weighted by Crippen LogP contribution is 2.28. The second kappa shape index (κ2) is 8.36. The molecule has 0 amide bonds. The summed E-state index contributed by atoms with van der Waals surface area (Å²) >= 11 is 1.69. The van der Waals surface area contributed by atoms with Crippen LogP contribution in [0.25, 0.3) is 11.4 Å². The third-order valence-corrected chi connectivity index (χ3v) is 4.46. The molecule has 0 aliphatic carbocycles. The predicted octanol–water partition coefficient (Wildman–Crippen LogP) is 4.44. The Morgan fingerprint density at radius 2 is 1.92 bits per heavy atom. The molecule has 0 spiro atoms. The third-order valence-electron chi connectivity index (χ3n) is 3.47. The molecule has 3 aromatic rings. The predicted molar refractivity (Wildman–Crippen MR) is 97.1 cm³/mol. The van der Waals surface area contributed by atoms with Gasteiger partial charge in [-0.2, -0.15) is 10.2 Å². The van der Waals surface area contributed by atoms with Gasteiger partial charge in [-0.25, -0.2) is 0 Å². The molecule has 5 nitrogen and oxygen atoms in total. The summed E-state index contributed by atoms with van der Waals surface area (Å²) in [6.07, 6.45) is 0. The first-order chi connectivity index (χ1) is 12.3. The molecule has 126 valence electrons. The van der Waals surface area contributed by atoms with Crippen molar-refractivity contribution in [3.63, 3.8) is 0 Å². The number of hydrogen-bond donors (Lipinski definition) is 0. The molecule has 0 aliphatic heterocycles. The molecule has 0 radical (unpaired) electrons. The summed E-state index contributed by atoms with van der Waals surface area (Å²) in [5.41, 5.74) is 2.66. The Kier molecular flexibility index (Phi) is 5.70. The fraction of sp³-hybridized carbons (Fsp3) is 0.211. The van der Waals surface area contributed by atoms with Crippen LogP contribution >= 0.6 is 11.8 Å². The van der Waals surface area contributed by atoms with Crippen molar-refractivity contribution in [2.24, 2.45) is 0 Å². The van der Waals surface area contributed by atoms with Crippen molar-refractivity contribution in [2.45, 2.75) is 18.4 Å². The smallest absolute Gasteiger partial charge is 0.236 e. The summed E-state index contributed by atoms with van der Waals surface area (Å²) in [6, 6.07) is 17.4. The van der Waals surface area contributed by atoms with Crippen molar-refractivity contribution in [1.82, 2.24) is 10.1 Å². The molecule has 0 saturated heterocycles. The number of rotatable bonds is 7. The average molecular weight is 351 g/mol. The number of thioether (sulfide) groups is 1. The van der Waals surface area contributed by atoms with Crippen molar-refractivity contribution in [1.29, 1.82) is 5.26 Å². The van der Waals surface area contributed by atoms with E-state index < -0.39 is 0 Å². The molecular weight excluding hydrogens is 334 g/mol. The highest BCUT2D eigenvalue weighted by Gasteiger charge is 2.13. The number of nitriles is 1. The zero-order valence-electron chi connectivity index (χ0n) is 13.8.